The molecule has 4 aromatic rings. The lowest BCUT2D eigenvalue weighted by molar-refractivity contribution is -0.115. The van der Waals surface area contributed by atoms with Crippen molar-refractivity contribution in [2.45, 2.75) is 10.1 Å². The molecule has 0 aliphatic rings. The molecule has 1 unspecified atom stereocenters. The molecule has 4 aromatic carbocycles. The molecule has 138 valence electrons. The van der Waals surface area contributed by atoms with E-state index in [4.69, 9.17) is 5.73 Å². The number of nitrogens with two attached hydrogens (primary N) is 1. The Morgan fingerprint density at radius 3 is 2.25 bits per heavy atom. The maximum atomic E-state index is 13.3. The second-order valence-electron chi connectivity index (χ2n) is 6.49. The minimum Gasteiger partial charge on any atom is -0.399 e. The predicted molar refractivity (Wildman–Crippen MR) is 118 cm³/mol. The smallest absolute Gasteiger partial charge is 0.242 e. The van der Waals surface area contributed by atoms with Crippen molar-refractivity contribution in [2.24, 2.45) is 0 Å². The molecule has 4 heteroatoms. The highest BCUT2D eigenvalue weighted by Crippen LogP contribution is 2.37. The van der Waals surface area contributed by atoms with Crippen LogP contribution in [0.25, 0.3) is 10.8 Å². The fourth-order valence-electron chi connectivity index (χ4n) is 3.12. The first-order valence-corrected chi connectivity index (χ1v) is 9.94. The molecule has 4 rings (SSSR count). The number of anilines is 2. The number of hydrogen-bond acceptors (Lipinski definition) is 3. The van der Waals surface area contributed by atoms with E-state index in [0.717, 1.165) is 26.9 Å². The van der Waals surface area contributed by atoms with Gasteiger partial charge in [0.25, 0.3) is 0 Å². The molecule has 1 atom stereocenters. The Bertz CT molecular complexity index is 1090. The lowest BCUT2D eigenvalue weighted by atomic mass is 10.1. The van der Waals surface area contributed by atoms with Gasteiger partial charge in [-0.1, -0.05) is 66.7 Å². The first kappa shape index (κ1) is 18.1. The molecule has 0 heterocycles. The second kappa shape index (κ2) is 8.19. The van der Waals surface area contributed by atoms with E-state index in [-0.39, 0.29) is 11.2 Å². The van der Waals surface area contributed by atoms with Crippen LogP contribution in [0.2, 0.25) is 0 Å². The van der Waals surface area contributed by atoms with Crippen LogP contribution in [-0.2, 0) is 4.79 Å². The van der Waals surface area contributed by atoms with Gasteiger partial charge in [0.1, 0.15) is 5.25 Å². The van der Waals surface area contributed by atoms with Crippen LogP contribution in [0, 0.1) is 0 Å². The van der Waals surface area contributed by atoms with Crippen LogP contribution in [0.5, 0.6) is 0 Å². The van der Waals surface area contributed by atoms with Gasteiger partial charge in [0.05, 0.1) is 0 Å². The lowest BCUT2D eigenvalue weighted by Crippen LogP contribution is -2.19. The van der Waals surface area contributed by atoms with E-state index >= 15 is 0 Å². The largest absolute Gasteiger partial charge is 0.399 e. The molecule has 0 radical (unpaired) electrons. The molecule has 0 aliphatic carbocycles. The van der Waals surface area contributed by atoms with Gasteiger partial charge in [0.2, 0.25) is 5.91 Å². The van der Waals surface area contributed by atoms with Gasteiger partial charge in [-0.25, -0.2) is 0 Å². The summed E-state index contributed by atoms with van der Waals surface area (Å²) in [5.74, 6) is -0.0515. The first-order valence-electron chi connectivity index (χ1n) is 9.06. The monoisotopic (exact) mass is 384 g/mol. The Hall–Kier alpha value is -3.24. The molecule has 3 N–H and O–H groups in total. The molecule has 0 saturated carbocycles. The molecular formula is C24H20N2OS. The van der Waals surface area contributed by atoms with Crippen LogP contribution < -0.4 is 11.1 Å². The zero-order chi connectivity index (χ0) is 19.3. The number of benzene rings is 4. The van der Waals surface area contributed by atoms with Gasteiger partial charge in [-0.15, -0.1) is 11.8 Å². The van der Waals surface area contributed by atoms with Crippen molar-refractivity contribution < 1.29 is 4.79 Å². The quantitative estimate of drug-likeness (QED) is 0.333. The molecule has 0 aliphatic heterocycles. The number of thioether (sulfide) groups is 1. The number of nitrogens with one attached hydrogen (secondary N) is 1. The van der Waals surface area contributed by atoms with Crippen molar-refractivity contribution in [2.75, 3.05) is 11.1 Å². The van der Waals surface area contributed by atoms with Gasteiger partial charge >= 0.3 is 0 Å². The number of carbonyl (C=O) groups excluding carboxylic acids is 1. The molecule has 3 nitrogen and oxygen atoms in total. The van der Waals surface area contributed by atoms with Gasteiger partial charge in [-0.3, -0.25) is 4.79 Å². The molecular weight excluding hydrogens is 364 g/mol. The van der Waals surface area contributed by atoms with Crippen LogP contribution in [0.15, 0.2) is 102 Å². The Balaban J connectivity index is 1.65. The van der Waals surface area contributed by atoms with Crippen LogP contribution in [0.1, 0.15) is 10.8 Å². The molecule has 0 fully saturated rings. The average molecular weight is 385 g/mol. The summed E-state index contributed by atoms with van der Waals surface area (Å²) < 4.78 is 0. The van der Waals surface area contributed by atoms with E-state index in [9.17, 15) is 4.79 Å². The highest BCUT2D eigenvalue weighted by atomic mass is 32.2. The van der Waals surface area contributed by atoms with Crippen LogP contribution in [-0.4, -0.2) is 5.91 Å². The van der Waals surface area contributed by atoms with E-state index in [1.165, 1.54) is 11.8 Å². The number of amides is 1. The highest BCUT2D eigenvalue weighted by Gasteiger charge is 2.22. The number of rotatable bonds is 5. The van der Waals surface area contributed by atoms with E-state index in [1.807, 2.05) is 97.1 Å². The summed E-state index contributed by atoms with van der Waals surface area (Å²) >= 11 is 1.52. The van der Waals surface area contributed by atoms with E-state index in [0.29, 0.717) is 5.69 Å². The van der Waals surface area contributed by atoms with Crippen molar-refractivity contribution in [3.05, 3.63) is 103 Å². The number of hydrogen-bond donors (Lipinski definition) is 2. The van der Waals surface area contributed by atoms with Crippen LogP contribution >= 0.6 is 11.8 Å². The summed E-state index contributed by atoms with van der Waals surface area (Å²) in [7, 11) is 0. The fourth-order valence-corrected chi connectivity index (χ4v) is 4.14. The summed E-state index contributed by atoms with van der Waals surface area (Å²) in [6.45, 7) is 0. The van der Waals surface area contributed by atoms with Gasteiger partial charge < -0.3 is 11.1 Å². The first-order chi connectivity index (χ1) is 13.7. The third kappa shape index (κ3) is 4.02. The van der Waals surface area contributed by atoms with Gasteiger partial charge in [-0.05, 0) is 41.3 Å². The Labute approximate surface area is 168 Å². The van der Waals surface area contributed by atoms with E-state index in [1.54, 1.807) is 0 Å². The third-order valence-electron chi connectivity index (χ3n) is 4.52. The van der Waals surface area contributed by atoms with Crippen LogP contribution in [0.3, 0.4) is 0 Å². The minimum absolute atomic E-state index is 0.0515. The molecule has 0 aromatic heterocycles. The average Bonchev–Trinajstić information content (AvgIpc) is 2.74. The Morgan fingerprint density at radius 1 is 0.786 bits per heavy atom. The second-order valence-corrected chi connectivity index (χ2v) is 7.67. The summed E-state index contributed by atoms with van der Waals surface area (Å²) in [6, 6.07) is 31.4. The zero-order valence-corrected chi connectivity index (χ0v) is 16.0. The minimum atomic E-state index is -0.371. The van der Waals surface area contributed by atoms with Crippen LogP contribution in [0.4, 0.5) is 11.4 Å². The van der Waals surface area contributed by atoms with Gasteiger partial charge in [0, 0.05) is 21.7 Å². The normalized spacial score (nSPS) is 11.9. The fraction of sp³-hybridized carbons (Fsp3) is 0.0417. The van der Waals surface area contributed by atoms with Crippen molar-refractivity contribution in [1.82, 2.24) is 0 Å². The molecule has 0 bridgehead atoms. The topological polar surface area (TPSA) is 55.1 Å². The zero-order valence-electron chi connectivity index (χ0n) is 15.2. The summed E-state index contributed by atoms with van der Waals surface area (Å²) in [5, 5.41) is 4.89. The standard InChI is InChI=1S/C24H20N2OS/c25-19-13-15-20(16-14-19)28-23(18-8-2-1-3-9-18)24(27)26-22-12-6-10-17-7-4-5-11-21(17)22/h1-16,23H,25H2,(H,26,27). The SMILES string of the molecule is Nc1ccc(SC(C(=O)Nc2cccc3ccccc23)c2ccccc2)cc1. The Morgan fingerprint density at radius 2 is 1.46 bits per heavy atom. The summed E-state index contributed by atoms with van der Waals surface area (Å²) in [5.41, 5.74) is 8.29. The number of carbonyl (C=O) groups is 1. The van der Waals surface area contributed by atoms with Crippen molar-refractivity contribution >= 4 is 39.8 Å². The van der Waals surface area contributed by atoms with Crippen molar-refractivity contribution in [3.63, 3.8) is 0 Å². The maximum absolute atomic E-state index is 13.3. The van der Waals surface area contributed by atoms with Crippen molar-refractivity contribution in [1.29, 1.82) is 0 Å². The molecule has 0 saturated heterocycles. The third-order valence-corrected chi connectivity index (χ3v) is 5.79. The maximum Gasteiger partial charge on any atom is 0.242 e. The van der Waals surface area contributed by atoms with E-state index < -0.39 is 0 Å². The highest BCUT2D eigenvalue weighted by molar-refractivity contribution is 8.00. The Kier molecular flexibility index (Phi) is 5.31. The predicted octanol–water partition coefficient (Wildman–Crippen LogP) is 5.89. The summed E-state index contributed by atoms with van der Waals surface area (Å²) in [4.78, 5) is 14.3. The molecule has 0 spiro atoms. The summed E-state index contributed by atoms with van der Waals surface area (Å²) in [6.07, 6.45) is 0. The van der Waals surface area contributed by atoms with E-state index in [2.05, 4.69) is 5.32 Å². The molecule has 28 heavy (non-hydrogen) atoms. The molecule has 1 amide bonds. The number of fused-ring (bicyclic) bond motifs is 1. The number of nitrogen functional groups attached to an aromatic ring is 1. The van der Waals surface area contributed by atoms with Gasteiger partial charge in [-0.2, -0.15) is 0 Å². The van der Waals surface area contributed by atoms with Crippen molar-refractivity contribution in [3.8, 4) is 0 Å². The lowest BCUT2D eigenvalue weighted by Gasteiger charge is -2.18. The van der Waals surface area contributed by atoms with Gasteiger partial charge in [0.15, 0.2) is 0 Å².